The van der Waals surface area contributed by atoms with Gasteiger partial charge >= 0.3 is 0 Å². The average Bonchev–Trinajstić information content (AvgIpc) is 2.39. The van der Waals surface area contributed by atoms with Gasteiger partial charge in [-0.3, -0.25) is 0 Å². The number of rotatable bonds is 6. The Balaban J connectivity index is 2.79. The van der Waals surface area contributed by atoms with Gasteiger partial charge in [-0.2, -0.15) is 12.7 Å². The maximum atomic E-state index is 11.8. The predicted molar refractivity (Wildman–Crippen MR) is 79.1 cm³/mol. The van der Waals surface area contributed by atoms with Crippen molar-refractivity contribution in [3.8, 4) is 11.8 Å². The molecule has 0 spiro atoms. The molecule has 2 N–H and O–H groups in total. The first-order valence-electron chi connectivity index (χ1n) is 6.39. The minimum Gasteiger partial charge on any atom is -0.395 e. The van der Waals surface area contributed by atoms with Crippen molar-refractivity contribution in [2.45, 2.75) is 19.9 Å². The molecule has 0 unspecified atom stereocenters. The van der Waals surface area contributed by atoms with E-state index in [0.29, 0.717) is 13.0 Å². The third kappa shape index (κ3) is 5.31. The molecule has 0 aliphatic heterocycles. The van der Waals surface area contributed by atoms with Crippen molar-refractivity contribution in [1.82, 2.24) is 9.03 Å². The molecule has 0 aliphatic carbocycles. The Hall–Kier alpha value is -1.39. The molecule has 0 atom stereocenters. The summed E-state index contributed by atoms with van der Waals surface area (Å²) in [6.07, 6.45) is 0.429. The Morgan fingerprint density at radius 3 is 2.80 bits per heavy atom. The fraction of sp³-hybridized carbons (Fsp3) is 0.429. The molecule has 0 bridgehead atoms. The van der Waals surface area contributed by atoms with E-state index in [2.05, 4.69) is 16.6 Å². The molecule has 1 aromatic carbocycles. The lowest BCUT2D eigenvalue weighted by Gasteiger charge is -2.17. The van der Waals surface area contributed by atoms with Gasteiger partial charge in [-0.1, -0.05) is 30.9 Å². The van der Waals surface area contributed by atoms with Crippen molar-refractivity contribution in [3.63, 3.8) is 0 Å². The predicted octanol–water partition coefficient (Wildman–Crippen LogP) is 0.707. The SMILES string of the molecule is CCNS(=O)(=O)N(C)Cc1cccc(C#CCCO)c1. The van der Waals surface area contributed by atoms with Crippen LogP contribution in [0.5, 0.6) is 0 Å². The maximum Gasteiger partial charge on any atom is 0.279 e. The van der Waals surface area contributed by atoms with E-state index < -0.39 is 10.2 Å². The first kappa shape index (κ1) is 16.7. The van der Waals surface area contributed by atoms with Crippen LogP contribution >= 0.6 is 0 Å². The van der Waals surface area contributed by atoms with Crippen LogP contribution in [0.1, 0.15) is 24.5 Å². The highest BCUT2D eigenvalue weighted by Crippen LogP contribution is 2.08. The van der Waals surface area contributed by atoms with Crippen molar-refractivity contribution >= 4 is 10.2 Å². The molecule has 110 valence electrons. The van der Waals surface area contributed by atoms with Crippen molar-refractivity contribution in [1.29, 1.82) is 0 Å². The number of aliphatic hydroxyl groups excluding tert-OH is 1. The highest BCUT2D eigenvalue weighted by atomic mass is 32.2. The normalized spacial score (nSPS) is 11.2. The van der Waals surface area contributed by atoms with Crippen molar-refractivity contribution in [2.24, 2.45) is 0 Å². The Bertz CT molecular complexity index is 588. The number of hydrogen-bond donors (Lipinski definition) is 2. The number of benzene rings is 1. The van der Waals surface area contributed by atoms with Gasteiger partial charge < -0.3 is 5.11 Å². The molecule has 20 heavy (non-hydrogen) atoms. The van der Waals surface area contributed by atoms with Gasteiger partial charge in [0.15, 0.2) is 0 Å². The molecule has 6 heteroatoms. The molecule has 0 amide bonds. The molecule has 0 aliphatic rings. The summed E-state index contributed by atoms with van der Waals surface area (Å²) >= 11 is 0. The summed E-state index contributed by atoms with van der Waals surface area (Å²) in [6, 6.07) is 7.40. The van der Waals surface area contributed by atoms with Crippen LogP contribution in [0.25, 0.3) is 0 Å². The van der Waals surface area contributed by atoms with Crippen LogP contribution in [0, 0.1) is 11.8 Å². The number of nitrogens with zero attached hydrogens (tertiary/aromatic N) is 1. The fourth-order valence-corrected chi connectivity index (χ4v) is 2.51. The summed E-state index contributed by atoms with van der Waals surface area (Å²) in [5, 5.41) is 8.68. The van der Waals surface area contributed by atoms with Gasteiger partial charge in [0.2, 0.25) is 0 Å². The summed E-state index contributed by atoms with van der Waals surface area (Å²) in [5.41, 5.74) is 1.68. The third-order valence-corrected chi connectivity index (χ3v) is 4.14. The van der Waals surface area contributed by atoms with E-state index in [0.717, 1.165) is 11.1 Å². The standard InChI is InChI=1S/C14H20N2O3S/c1-3-15-20(18,19)16(2)12-14-9-6-8-13(11-14)7-4-5-10-17/h6,8-9,11,15,17H,3,5,10,12H2,1-2H3. The van der Waals surface area contributed by atoms with Crippen molar-refractivity contribution < 1.29 is 13.5 Å². The number of nitrogens with one attached hydrogen (secondary N) is 1. The summed E-state index contributed by atoms with van der Waals surface area (Å²) in [6.45, 7) is 2.42. The molecule has 0 heterocycles. The molecular weight excluding hydrogens is 276 g/mol. The van der Waals surface area contributed by atoms with E-state index in [1.54, 1.807) is 6.92 Å². The van der Waals surface area contributed by atoms with Crippen LogP contribution < -0.4 is 4.72 Å². The van der Waals surface area contributed by atoms with Crippen LogP contribution in [0.4, 0.5) is 0 Å². The smallest absolute Gasteiger partial charge is 0.279 e. The van der Waals surface area contributed by atoms with Crippen LogP contribution in [0.15, 0.2) is 24.3 Å². The zero-order valence-corrected chi connectivity index (χ0v) is 12.6. The third-order valence-electron chi connectivity index (χ3n) is 2.54. The molecule has 5 nitrogen and oxygen atoms in total. The van der Waals surface area contributed by atoms with Gasteiger partial charge in [0, 0.05) is 32.1 Å². The lowest BCUT2D eigenvalue weighted by molar-refractivity contribution is 0.305. The Morgan fingerprint density at radius 2 is 2.15 bits per heavy atom. The van der Waals surface area contributed by atoms with Crippen LogP contribution in [0.3, 0.4) is 0 Å². The van der Waals surface area contributed by atoms with Crippen molar-refractivity contribution in [2.75, 3.05) is 20.2 Å². The van der Waals surface area contributed by atoms with Gasteiger partial charge in [0.1, 0.15) is 0 Å². The molecule has 1 aromatic rings. The van der Waals surface area contributed by atoms with Gasteiger partial charge in [-0.05, 0) is 17.7 Å². The van der Waals surface area contributed by atoms with Gasteiger partial charge in [-0.25, -0.2) is 4.72 Å². The number of hydrogen-bond acceptors (Lipinski definition) is 3. The summed E-state index contributed by atoms with van der Waals surface area (Å²) in [5.74, 6) is 5.77. The maximum absolute atomic E-state index is 11.8. The monoisotopic (exact) mass is 296 g/mol. The van der Waals surface area contributed by atoms with E-state index >= 15 is 0 Å². The zero-order valence-electron chi connectivity index (χ0n) is 11.8. The lowest BCUT2D eigenvalue weighted by Crippen LogP contribution is -2.37. The lowest BCUT2D eigenvalue weighted by atomic mass is 10.1. The first-order valence-corrected chi connectivity index (χ1v) is 7.83. The minimum atomic E-state index is -3.43. The highest BCUT2D eigenvalue weighted by Gasteiger charge is 2.16. The number of aliphatic hydroxyl groups is 1. The molecule has 0 saturated heterocycles. The molecule has 0 saturated carbocycles. The minimum absolute atomic E-state index is 0.0381. The summed E-state index contributed by atoms with van der Waals surface area (Å²) in [7, 11) is -1.90. The van der Waals surface area contributed by atoms with Gasteiger partial charge in [-0.15, -0.1) is 0 Å². The topological polar surface area (TPSA) is 69.6 Å². The second-order valence-corrected chi connectivity index (χ2v) is 6.10. The zero-order chi connectivity index (χ0) is 15.0. The average molecular weight is 296 g/mol. The van der Waals surface area contributed by atoms with Crippen LogP contribution in [-0.4, -0.2) is 38.0 Å². The van der Waals surface area contributed by atoms with Crippen LogP contribution in [0.2, 0.25) is 0 Å². The largest absolute Gasteiger partial charge is 0.395 e. The molecule has 0 aromatic heterocycles. The van der Waals surface area contributed by atoms with Gasteiger partial charge in [0.25, 0.3) is 10.2 Å². The molecule has 0 radical (unpaired) electrons. The quantitative estimate of drug-likeness (QED) is 0.760. The van der Waals surface area contributed by atoms with Gasteiger partial charge in [0.05, 0.1) is 6.61 Å². The Morgan fingerprint density at radius 1 is 1.40 bits per heavy atom. The second-order valence-electron chi connectivity index (χ2n) is 4.23. The summed E-state index contributed by atoms with van der Waals surface area (Å²) < 4.78 is 27.3. The van der Waals surface area contributed by atoms with Crippen molar-refractivity contribution in [3.05, 3.63) is 35.4 Å². The summed E-state index contributed by atoms with van der Waals surface area (Å²) in [4.78, 5) is 0. The van der Waals surface area contributed by atoms with E-state index in [-0.39, 0.29) is 13.2 Å². The van der Waals surface area contributed by atoms with Crippen LogP contribution in [-0.2, 0) is 16.8 Å². The van der Waals surface area contributed by atoms with E-state index in [1.165, 1.54) is 11.4 Å². The second kappa shape index (κ2) is 8.02. The Labute approximate surface area is 120 Å². The van der Waals surface area contributed by atoms with E-state index in [4.69, 9.17) is 5.11 Å². The first-order chi connectivity index (χ1) is 9.49. The van der Waals surface area contributed by atoms with E-state index in [1.807, 2.05) is 24.3 Å². The highest BCUT2D eigenvalue weighted by molar-refractivity contribution is 7.87. The molecule has 1 rings (SSSR count). The Kier molecular flexibility index (Phi) is 6.68. The molecular formula is C14H20N2O3S. The van der Waals surface area contributed by atoms with E-state index in [9.17, 15) is 8.42 Å². The molecule has 0 fully saturated rings. The fourth-order valence-electron chi connectivity index (χ4n) is 1.60.